The molecule has 1 amide bonds. The summed E-state index contributed by atoms with van der Waals surface area (Å²) in [6, 6.07) is 2.98. The highest BCUT2D eigenvalue weighted by atomic mass is 16.2. The van der Waals surface area contributed by atoms with Gasteiger partial charge in [0, 0.05) is 12.1 Å². The van der Waals surface area contributed by atoms with Crippen molar-refractivity contribution in [3.05, 3.63) is 28.2 Å². The minimum Gasteiger partial charge on any atom is -0.348 e. The second-order valence-corrected chi connectivity index (χ2v) is 4.65. The van der Waals surface area contributed by atoms with Gasteiger partial charge in [-0.15, -0.1) is 0 Å². The number of carbonyl (C=O) groups excluding carboxylic acids is 1. The minimum atomic E-state index is -0.299. The lowest BCUT2D eigenvalue weighted by atomic mass is 9.86. The molecule has 0 radical (unpaired) electrons. The average molecular weight is 235 g/mol. The first kappa shape index (κ1) is 11.8. The number of H-pyrrole nitrogens is 1. The van der Waals surface area contributed by atoms with E-state index >= 15 is 0 Å². The first-order valence-electron chi connectivity index (χ1n) is 6.03. The zero-order valence-electron chi connectivity index (χ0n) is 9.90. The number of aromatic nitrogens is 2. The number of rotatable bonds is 2. The highest BCUT2D eigenvalue weighted by Crippen LogP contribution is 2.23. The summed E-state index contributed by atoms with van der Waals surface area (Å²) in [5.41, 5.74) is -0.0324. The molecule has 1 saturated carbocycles. The largest absolute Gasteiger partial charge is 0.348 e. The van der Waals surface area contributed by atoms with Crippen molar-refractivity contribution in [1.82, 2.24) is 15.5 Å². The SMILES string of the molecule is C[C@H]1CCCC[C@H]1NC(=O)c1ccc(=O)[nH]n1. The molecule has 0 saturated heterocycles. The van der Waals surface area contributed by atoms with Gasteiger partial charge >= 0.3 is 0 Å². The van der Waals surface area contributed by atoms with E-state index < -0.39 is 0 Å². The molecule has 1 fully saturated rings. The first-order chi connectivity index (χ1) is 8.16. The fourth-order valence-corrected chi connectivity index (χ4v) is 2.24. The van der Waals surface area contributed by atoms with E-state index in [1.54, 1.807) is 0 Å². The normalized spacial score (nSPS) is 24.3. The third-order valence-electron chi connectivity index (χ3n) is 3.34. The average Bonchev–Trinajstić information content (AvgIpc) is 2.33. The molecule has 0 spiro atoms. The summed E-state index contributed by atoms with van der Waals surface area (Å²) in [5, 5.41) is 8.96. The molecule has 1 heterocycles. The molecule has 1 aromatic rings. The van der Waals surface area contributed by atoms with Gasteiger partial charge in [-0.05, 0) is 24.8 Å². The first-order valence-corrected chi connectivity index (χ1v) is 6.03. The van der Waals surface area contributed by atoms with E-state index in [9.17, 15) is 9.59 Å². The van der Waals surface area contributed by atoms with Crippen molar-refractivity contribution in [2.75, 3.05) is 0 Å². The van der Waals surface area contributed by atoms with E-state index in [1.165, 1.54) is 18.6 Å². The Hall–Kier alpha value is -1.65. The molecular formula is C12H17N3O2. The molecule has 2 N–H and O–H groups in total. The Bertz CT molecular complexity index is 435. The molecule has 92 valence electrons. The molecule has 2 rings (SSSR count). The Kier molecular flexibility index (Phi) is 3.56. The Morgan fingerprint density at radius 1 is 1.41 bits per heavy atom. The van der Waals surface area contributed by atoms with Crippen LogP contribution in [0.4, 0.5) is 0 Å². The highest BCUT2D eigenvalue weighted by Gasteiger charge is 2.23. The third kappa shape index (κ3) is 2.93. The molecule has 0 aliphatic heterocycles. The van der Waals surface area contributed by atoms with E-state index in [0.717, 1.165) is 19.3 Å². The van der Waals surface area contributed by atoms with E-state index in [0.29, 0.717) is 5.92 Å². The number of nitrogens with one attached hydrogen (secondary N) is 2. The van der Waals surface area contributed by atoms with Crippen LogP contribution in [0.5, 0.6) is 0 Å². The lowest BCUT2D eigenvalue weighted by Crippen LogP contribution is -2.41. The third-order valence-corrected chi connectivity index (χ3v) is 3.34. The molecule has 0 unspecified atom stereocenters. The zero-order valence-corrected chi connectivity index (χ0v) is 9.90. The van der Waals surface area contributed by atoms with Crippen LogP contribution in [0, 0.1) is 5.92 Å². The molecule has 5 heteroatoms. The van der Waals surface area contributed by atoms with E-state index in [2.05, 4.69) is 22.4 Å². The number of hydrogen-bond donors (Lipinski definition) is 2. The van der Waals surface area contributed by atoms with E-state index in [1.807, 2.05) is 0 Å². The van der Waals surface area contributed by atoms with Crippen LogP contribution in [0.2, 0.25) is 0 Å². The molecule has 17 heavy (non-hydrogen) atoms. The second kappa shape index (κ2) is 5.12. The van der Waals surface area contributed by atoms with Gasteiger partial charge in [0.1, 0.15) is 5.69 Å². The van der Waals surface area contributed by atoms with E-state index in [4.69, 9.17) is 0 Å². The summed E-state index contributed by atoms with van der Waals surface area (Å²) < 4.78 is 0. The number of nitrogens with zero attached hydrogens (tertiary/aromatic N) is 1. The minimum absolute atomic E-state index is 0.208. The summed E-state index contributed by atoms with van der Waals surface area (Å²) in [4.78, 5) is 22.7. The molecule has 5 nitrogen and oxygen atoms in total. The molecular weight excluding hydrogens is 218 g/mol. The number of aromatic amines is 1. The van der Waals surface area contributed by atoms with Gasteiger partial charge < -0.3 is 5.32 Å². The van der Waals surface area contributed by atoms with Gasteiger partial charge in [0.15, 0.2) is 0 Å². The number of carbonyl (C=O) groups is 1. The molecule has 0 bridgehead atoms. The van der Waals surface area contributed by atoms with Crippen molar-refractivity contribution in [2.45, 2.75) is 38.6 Å². The topological polar surface area (TPSA) is 74.8 Å². The molecule has 2 atom stereocenters. The predicted molar refractivity (Wildman–Crippen MR) is 63.7 cm³/mol. The second-order valence-electron chi connectivity index (χ2n) is 4.65. The van der Waals surface area contributed by atoms with Crippen LogP contribution in [0.25, 0.3) is 0 Å². The Labute approximate surface area is 99.6 Å². The highest BCUT2D eigenvalue weighted by molar-refractivity contribution is 5.92. The van der Waals surface area contributed by atoms with Gasteiger partial charge in [0.05, 0.1) is 0 Å². The summed E-state index contributed by atoms with van der Waals surface area (Å²) in [6.45, 7) is 2.16. The quantitative estimate of drug-likeness (QED) is 0.805. The maximum Gasteiger partial charge on any atom is 0.271 e. The van der Waals surface area contributed by atoms with Crippen LogP contribution in [0.1, 0.15) is 43.1 Å². The number of hydrogen-bond acceptors (Lipinski definition) is 3. The summed E-state index contributed by atoms with van der Waals surface area (Å²) in [5.74, 6) is 0.301. The lowest BCUT2D eigenvalue weighted by molar-refractivity contribution is 0.0904. The van der Waals surface area contributed by atoms with Gasteiger partial charge in [0.25, 0.3) is 11.5 Å². The predicted octanol–water partition coefficient (Wildman–Crippen LogP) is 1.08. The Balaban J connectivity index is 2.01. The van der Waals surface area contributed by atoms with Gasteiger partial charge in [-0.2, -0.15) is 5.10 Å². The lowest BCUT2D eigenvalue weighted by Gasteiger charge is -2.29. The van der Waals surface area contributed by atoms with Gasteiger partial charge in [-0.3, -0.25) is 9.59 Å². The van der Waals surface area contributed by atoms with Gasteiger partial charge in [-0.25, -0.2) is 5.10 Å². The Morgan fingerprint density at radius 2 is 2.18 bits per heavy atom. The summed E-state index contributed by atoms with van der Waals surface area (Å²) in [7, 11) is 0. The Morgan fingerprint density at radius 3 is 2.82 bits per heavy atom. The van der Waals surface area contributed by atoms with Crippen molar-refractivity contribution >= 4 is 5.91 Å². The zero-order chi connectivity index (χ0) is 12.3. The van der Waals surface area contributed by atoms with E-state index in [-0.39, 0.29) is 23.2 Å². The van der Waals surface area contributed by atoms with Crippen molar-refractivity contribution in [2.24, 2.45) is 5.92 Å². The van der Waals surface area contributed by atoms with Crippen LogP contribution in [-0.2, 0) is 0 Å². The van der Waals surface area contributed by atoms with Crippen molar-refractivity contribution in [3.8, 4) is 0 Å². The van der Waals surface area contributed by atoms with Crippen LogP contribution < -0.4 is 10.9 Å². The van der Waals surface area contributed by atoms with Gasteiger partial charge in [-0.1, -0.05) is 19.8 Å². The van der Waals surface area contributed by atoms with Crippen LogP contribution in [-0.4, -0.2) is 22.1 Å². The smallest absolute Gasteiger partial charge is 0.271 e. The molecule has 1 aliphatic carbocycles. The maximum absolute atomic E-state index is 11.9. The fraction of sp³-hybridized carbons (Fsp3) is 0.583. The van der Waals surface area contributed by atoms with Crippen LogP contribution in [0.3, 0.4) is 0 Å². The van der Waals surface area contributed by atoms with Crippen LogP contribution in [0.15, 0.2) is 16.9 Å². The molecule has 0 aromatic carbocycles. The number of amides is 1. The standard InChI is InChI=1S/C12H17N3O2/c1-8-4-2-3-5-9(8)13-12(17)10-6-7-11(16)15-14-10/h6-9H,2-5H2,1H3,(H,13,17)(H,15,16)/t8-,9+/m0/s1. The van der Waals surface area contributed by atoms with Crippen molar-refractivity contribution < 1.29 is 4.79 Å². The molecule has 1 aliphatic rings. The summed E-state index contributed by atoms with van der Waals surface area (Å²) >= 11 is 0. The molecule has 1 aromatic heterocycles. The van der Waals surface area contributed by atoms with Crippen molar-refractivity contribution in [1.29, 1.82) is 0 Å². The maximum atomic E-state index is 11.9. The van der Waals surface area contributed by atoms with Crippen molar-refractivity contribution in [3.63, 3.8) is 0 Å². The monoisotopic (exact) mass is 235 g/mol. The van der Waals surface area contributed by atoms with Gasteiger partial charge in [0.2, 0.25) is 0 Å². The summed E-state index contributed by atoms with van der Waals surface area (Å²) in [6.07, 6.45) is 4.58. The van der Waals surface area contributed by atoms with Crippen LogP contribution >= 0.6 is 0 Å². The fourth-order valence-electron chi connectivity index (χ4n) is 2.24.